The van der Waals surface area contributed by atoms with Crippen LogP contribution in [-0.2, 0) is 13.1 Å². The molecular weight excluding hydrogens is 410 g/mol. The molecule has 1 amide bonds. The number of aromatic nitrogens is 2. The van der Waals surface area contributed by atoms with Gasteiger partial charge in [-0.3, -0.25) is 19.8 Å². The van der Waals surface area contributed by atoms with Gasteiger partial charge in [-0.2, -0.15) is 5.10 Å². The minimum absolute atomic E-state index is 0.000353. The number of likely N-dealkylation sites (tertiary alicyclic amines) is 1. The van der Waals surface area contributed by atoms with Crippen LogP contribution in [0.2, 0.25) is 0 Å². The van der Waals surface area contributed by atoms with Gasteiger partial charge < -0.3 is 10.4 Å². The lowest BCUT2D eigenvalue weighted by Gasteiger charge is -2.29. The second kappa shape index (κ2) is 9.71. The molecular formula is C23H25N5O4. The predicted molar refractivity (Wildman–Crippen MR) is 118 cm³/mol. The normalized spacial score (nSPS) is 14.9. The number of nitrogens with zero attached hydrogens (tertiary/aromatic N) is 4. The van der Waals surface area contributed by atoms with Gasteiger partial charge in [0.15, 0.2) is 5.69 Å². The van der Waals surface area contributed by atoms with Gasteiger partial charge in [0, 0.05) is 44.5 Å². The van der Waals surface area contributed by atoms with E-state index in [1.54, 1.807) is 24.4 Å². The largest absolute Gasteiger partial charge is 0.393 e. The first-order chi connectivity index (χ1) is 15.5. The number of hydrogen-bond acceptors (Lipinski definition) is 6. The van der Waals surface area contributed by atoms with Gasteiger partial charge in [-0.25, -0.2) is 4.68 Å². The number of carbonyl (C=O) groups is 1. The highest BCUT2D eigenvalue weighted by Gasteiger charge is 2.17. The number of non-ortho nitro benzene ring substituents is 1. The lowest BCUT2D eigenvalue weighted by atomic mass is 10.1. The van der Waals surface area contributed by atoms with Crippen molar-refractivity contribution in [2.75, 3.05) is 13.1 Å². The minimum atomic E-state index is -0.461. The van der Waals surface area contributed by atoms with Gasteiger partial charge in [-0.15, -0.1) is 0 Å². The van der Waals surface area contributed by atoms with Crippen molar-refractivity contribution in [3.8, 4) is 5.69 Å². The summed E-state index contributed by atoms with van der Waals surface area (Å²) in [5, 5.41) is 27.5. The molecule has 0 bridgehead atoms. The van der Waals surface area contributed by atoms with E-state index in [-0.39, 0.29) is 23.4 Å². The van der Waals surface area contributed by atoms with Gasteiger partial charge in [0.1, 0.15) is 0 Å². The van der Waals surface area contributed by atoms with E-state index in [9.17, 15) is 20.0 Å². The Hall–Kier alpha value is -3.56. The lowest BCUT2D eigenvalue weighted by Crippen LogP contribution is -2.35. The van der Waals surface area contributed by atoms with Crippen LogP contribution in [0.3, 0.4) is 0 Å². The Labute approximate surface area is 185 Å². The van der Waals surface area contributed by atoms with E-state index in [2.05, 4.69) is 27.4 Å². The maximum atomic E-state index is 12.5. The Morgan fingerprint density at radius 2 is 1.72 bits per heavy atom. The number of rotatable bonds is 7. The van der Waals surface area contributed by atoms with E-state index in [1.807, 2.05) is 12.1 Å². The van der Waals surface area contributed by atoms with Crippen LogP contribution in [0.1, 0.15) is 34.5 Å². The number of benzene rings is 2. The van der Waals surface area contributed by atoms with Gasteiger partial charge >= 0.3 is 0 Å². The van der Waals surface area contributed by atoms with Crippen LogP contribution in [0.25, 0.3) is 5.69 Å². The first-order valence-corrected chi connectivity index (χ1v) is 10.5. The molecule has 9 heteroatoms. The molecule has 1 aromatic heterocycles. The quantitative estimate of drug-likeness (QED) is 0.436. The third-order valence-corrected chi connectivity index (χ3v) is 5.59. The minimum Gasteiger partial charge on any atom is -0.393 e. The van der Waals surface area contributed by atoms with Crippen molar-refractivity contribution in [1.82, 2.24) is 20.0 Å². The van der Waals surface area contributed by atoms with E-state index in [1.165, 1.54) is 22.4 Å². The van der Waals surface area contributed by atoms with Crippen molar-refractivity contribution in [2.45, 2.75) is 32.0 Å². The number of nitro groups is 1. The number of nitrogens with one attached hydrogen (secondary N) is 1. The Morgan fingerprint density at radius 3 is 2.38 bits per heavy atom. The molecule has 0 aliphatic carbocycles. The van der Waals surface area contributed by atoms with Crippen molar-refractivity contribution in [2.24, 2.45) is 0 Å². The number of aliphatic hydroxyl groups is 1. The second-order valence-corrected chi connectivity index (χ2v) is 7.93. The molecule has 1 aliphatic rings. The van der Waals surface area contributed by atoms with Crippen molar-refractivity contribution in [3.63, 3.8) is 0 Å². The summed E-state index contributed by atoms with van der Waals surface area (Å²) in [6.07, 6.45) is 3.12. The topological polar surface area (TPSA) is 114 Å². The highest BCUT2D eigenvalue weighted by Crippen LogP contribution is 2.16. The predicted octanol–water partition coefficient (Wildman–Crippen LogP) is 2.67. The summed E-state index contributed by atoms with van der Waals surface area (Å²) in [5.74, 6) is -0.290. The zero-order valence-corrected chi connectivity index (χ0v) is 17.6. The number of aliphatic hydroxyl groups excluding tert-OH is 1. The molecule has 0 atom stereocenters. The first kappa shape index (κ1) is 21.7. The van der Waals surface area contributed by atoms with Crippen LogP contribution in [0.15, 0.2) is 60.8 Å². The summed E-state index contributed by atoms with van der Waals surface area (Å²) < 4.78 is 1.51. The fourth-order valence-corrected chi connectivity index (χ4v) is 3.69. The monoisotopic (exact) mass is 435 g/mol. The third kappa shape index (κ3) is 5.37. The molecule has 0 radical (unpaired) electrons. The maximum Gasteiger partial charge on any atom is 0.272 e. The smallest absolute Gasteiger partial charge is 0.272 e. The molecule has 0 unspecified atom stereocenters. The summed E-state index contributed by atoms with van der Waals surface area (Å²) in [5.41, 5.74) is 3.10. The van der Waals surface area contributed by atoms with Crippen LogP contribution in [-0.4, -0.2) is 49.8 Å². The average molecular weight is 435 g/mol. The number of amides is 1. The van der Waals surface area contributed by atoms with E-state index in [0.717, 1.165) is 38.0 Å². The summed E-state index contributed by atoms with van der Waals surface area (Å²) in [6, 6.07) is 15.7. The van der Waals surface area contributed by atoms with Gasteiger partial charge in [0.05, 0.1) is 16.7 Å². The zero-order valence-electron chi connectivity index (χ0n) is 17.6. The van der Waals surface area contributed by atoms with Crippen LogP contribution < -0.4 is 5.32 Å². The lowest BCUT2D eigenvalue weighted by molar-refractivity contribution is -0.384. The van der Waals surface area contributed by atoms with E-state index >= 15 is 0 Å². The summed E-state index contributed by atoms with van der Waals surface area (Å²) in [4.78, 5) is 25.1. The highest BCUT2D eigenvalue weighted by atomic mass is 16.6. The van der Waals surface area contributed by atoms with Crippen molar-refractivity contribution >= 4 is 11.6 Å². The van der Waals surface area contributed by atoms with E-state index in [0.29, 0.717) is 12.2 Å². The third-order valence-electron chi connectivity index (χ3n) is 5.59. The van der Waals surface area contributed by atoms with E-state index in [4.69, 9.17) is 0 Å². The molecule has 0 spiro atoms. The molecule has 2 heterocycles. The molecule has 166 valence electrons. The number of piperidine rings is 1. The van der Waals surface area contributed by atoms with Crippen molar-refractivity contribution in [1.29, 1.82) is 0 Å². The van der Waals surface area contributed by atoms with Crippen molar-refractivity contribution < 1.29 is 14.8 Å². The van der Waals surface area contributed by atoms with E-state index < -0.39 is 4.92 Å². The van der Waals surface area contributed by atoms with Gasteiger partial charge in [-0.05, 0) is 42.2 Å². The molecule has 4 rings (SSSR count). The Bertz CT molecular complexity index is 1070. The molecule has 1 aliphatic heterocycles. The fraction of sp³-hybridized carbons (Fsp3) is 0.304. The molecule has 1 fully saturated rings. The maximum absolute atomic E-state index is 12.5. The zero-order chi connectivity index (χ0) is 22.5. The molecule has 32 heavy (non-hydrogen) atoms. The number of carbonyl (C=O) groups excluding carboxylic acids is 1. The van der Waals surface area contributed by atoms with Crippen LogP contribution >= 0.6 is 0 Å². The highest BCUT2D eigenvalue weighted by molar-refractivity contribution is 5.92. The fourth-order valence-electron chi connectivity index (χ4n) is 3.69. The van der Waals surface area contributed by atoms with Crippen molar-refractivity contribution in [3.05, 3.63) is 87.7 Å². The molecule has 9 nitrogen and oxygen atoms in total. The Kier molecular flexibility index (Phi) is 6.58. The van der Waals surface area contributed by atoms with Gasteiger partial charge in [0.25, 0.3) is 11.6 Å². The average Bonchev–Trinajstić information content (AvgIpc) is 3.30. The number of nitro benzene ring substituents is 1. The molecule has 0 saturated carbocycles. The molecule has 3 aromatic rings. The second-order valence-electron chi connectivity index (χ2n) is 7.93. The Balaban J connectivity index is 1.29. The molecule has 2 aromatic carbocycles. The van der Waals surface area contributed by atoms with Gasteiger partial charge in [-0.1, -0.05) is 24.3 Å². The van der Waals surface area contributed by atoms with Crippen LogP contribution in [0.5, 0.6) is 0 Å². The Morgan fingerprint density at radius 1 is 1.06 bits per heavy atom. The van der Waals surface area contributed by atoms with Crippen LogP contribution in [0.4, 0.5) is 5.69 Å². The molecule has 1 saturated heterocycles. The van der Waals surface area contributed by atoms with Crippen LogP contribution in [0, 0.1) is 10.1 Å². The molecule has 2 N–H and O–H groups in total. The SMILES string of the molecule is O=C(NCc1ccc(CN2CCC(O)CC2)cc1)c1ccn(-c2ccc([N+](=O)[O-])cc2)n1. The number of hydrogen-bond donors (Lipinski definition) is 2. The summed E-state index contributed by atoms with van der Waals surface area (Å²) >= 11 is 0. The van der Waals surface area contributed by atoms with Gasteiger partial charge in [0.2, 0.25) is 0 Å². The standard InChI is InChI=1S/C23H25N5O4/c29-21-9-12-26(13-10-21)16-18-3-1-17(2-4-18)15-24-23(30)22-11-14-27(25-22)19-5-7-20(8-6-19)28(31)32/h1-8,11,14,21,29H,9-10,12-13,15-16H2,(H,24,30). The summed E-state index contributed by atoms with van der Waals surface area (Å²) in [7, 11) is 0. The summed E-state index contributed by atoms with van der Waals surface area (Å²) in [6.45, 7) is 3.07. The first-order valence-electron chi connectivity index (χ1n) is 10.5.